The van der Waals surface area contributed by atoms with Crippen LogP contribution in [0.25, 0.3) is 10.8 Å². The summed E-state index contributed by atoms with van der Waals surface area (Å²) in [4.78, 5) is 4.44. The molecule has 2 aromatic rings. The average Bonchev–Trinajstić information content (AvgIpc) is 2.53. The lowest BCUT2D eigenvalue weighted by Crippen LogP contribution is -2.23. The number of anilines is 1. The number of methoxy groups -OCH3 is 1. The number of aromatic nitrogens is 1. The predicted molar refractivity (Wildman–Crippen MR) is 90.5 cm³/mol. The van der Waals surface area contributed by atoms with E-state index in [1.165, 1.54) is 0 Å². The van der Waals surface area contributed by atoms with E-state index in [0.717, 1.165) is 41.7 Å². The van der Waals surface area contributed by atoms with Crippen LogP contribution < -0.4 is 10.1 Å². The Morgan fingerprint density at radius 2 is 2.00 bits per heavy atom. The Morgan fingerprint density at radius 1 is 1.24 bits per heavy atom. The van der Waals surface area contributed by atoms with Gasteiger partial charge in [-0.05, 0) is 29.5 Å². The first-order valence-corrected chi connectivity index (χ1v) is 7.93. The standard InChI is InChI=1S/C17H23ClN2O/c1-4-12(5-2)16(18)11-20-17-15-10-14(21-3)7-6-13(15)8-9-19-17/h6-10,12,16H,4-5,11H2,1-3H3,(H,19,20). The van der Waals surface area contributed by atoms with Gasteiger partial charge in [0.15, 0.2) is 0 Å². The zero-order valence-electron chi connectivity index (χ0n) is 12.9. The Labute approximate surface area is 131 Å². The highest BCUT2D eigenvalue weighted by molar-refractivity contribution is 6.21. The molecule has 0 aliphatic rings. The molecule has 0 fully saturated rings. The molecule has 0 spiro atoms. The minimum atomic E-state index is 0.114. The molecule has 1 heterocycles. The monoisotopic (exact) mass is 306 g/mol. The molecule has 114 valence electrons. The van der Waals surface area contributed by atoms with Gasteiger partial charge in [-0.15, -0.1) is 11.6 Å². The molecule has 3 nitrogen and oxygen atoms in total. The van der Waals surface area contributed by atoms with Crippen LogP contribution in [-0.4, -0.2) is 24.0 Å². The van der Waals surface area contributed by atoms with Crippen molar-refractivity contribution in [3.8, 4) is 5.75 Å². The van der Waals surface area contributed by atoms with E-state index in [9.17, 15) is 0 Å². The van der Waals surface area contributed by atoms with Crippen LogP contribution in [0.3, 0.4) is 0 Å². The second kappa shape index (κ2) is 7.51. The molecular weight excluding hydrogens is 284 g/mol. The molecule has 0 aliphatic carbocycles. The summed E-state index contributed by atoms with van der Waals surface area (Å²) in [6.07, 6.45) is 4.02. The molecule has 0 saturated carbocycles. The van der Waals surface area contributed by atoms with Gasteiger partial charge in [0.05, 0.1) is 12.5 Å². The summed E-state index contributed by atoms with van der Waals surface area (Å²) in [5, 5.41) is 5.70. The fourth-order valence-electron chi connectivity index (χ4n) is 2.58. The number of alkyl halides is 1. The molecule has 0 radical (unpaired) electrons. The molecule has 2 rings (SSSR count). The molecule has 4 heteroatoms. The van der Waals surface area contributed by atoms with E-state index in [0.29, 0.717) is 5.92 Å². The third kappa shape index (κ3) is 3.79. The lowest BCUT2D eigenvalue weighted by molar-refractivity contribution is 0.415. The summed E-state index contributed by atoms with van der Waals surface area (Å²) < 4.78 is 5.29. The Bertz CT molecular complexity index is 584. The normalized spacial score (nSPS) is 12.6. The third-order valence-electron chi connectivity index (χ3n) is 4.00. The first-order chi connectivity index (χ1) is 10.2. The van der Waals surface area contributed by atoms with Crippen molar-refractivity contribution in [1.29, 1.82) is 0 Å². The van der Waals surface area contributed by atoms with E-state index in [4.69, 9.17) is 16.3 Å². The second-order valence-corrected chi connectivity index (χ2v) is 5.78. The van der Waals surface area contributed by atoms with Gasteiger partial charge in [-0.2, -0.15) is 0 Å². The molecule has 0 saturated heterocycles. The molecule has 1 atom stereocenters. The van der Waals surface area contributed by atoms with E-state index < -0.39 is 0 Å². The fourth-order valence-corrected chi connectivity index (χ4v) is 3.01. The molecule has 1 N–H and O–H groups in total. The number of hydrogen-bond donors (Lipinski definition) is 1. The maximum Gasteiger partial charge on any atom is 0.134 e. The first-order valence-electron chi connectivity index (χ1n) is 7.50. The summed E-state index contributed by atoms with van der Waals surface area (Å²) in [6, 6.07) is 8.00. The van der Waals surface area contributed by atoms with E-state index in [2.05, 4.69) is 24.1 Å². The minimum absolute atomic E-state index is 0.114. The number of rotatable bonds is 7. The highest BCUT2D eigenvalue weighted by Gasteiger charge is 2.16. The van der Waals surface area contributed by atoms with Gasteiger partial charge >= 0.3 is 0 Å². The van der Waals surface area contributed by atoms with Crippen molar-refractivity contribution in [1.82, 2.24) is 4.98 Å². The SMILES string of the molecule is CCC(CC)C(Cl)CNc1nccc2ccc(OC)cc12. The molecule has 1 aromatic carbocycles. The highest BCUT2D eigenvalue weighted by Crippen LogP contribution is 2.26. The van der Waals surface area contributed by atoms with Gasteiger partial charge in [0.25, 0.3) is 0 Å². The van der Waals surface area contributed by atoms with Crippen molar-refractivity contribution < 1.29 is 4.74 Å². The van der Waals surface area contributed by atoms with E-state index >= 15 is 0 Å². The number of pyridine rings is 1. The first kappa shape index (κ1) is 15.9. The van der Waals surface area contributed by atoms with Crippen LogP contribution in [0, 0.1) is 5.92 Å². The summed E-state index contributed by atoms with van der Waals surface area (Å²) in [7, 11) is 1.67. The van der Waals surface area contributed by atoms with Crippen LogP contribution in [0.1, 0.15) is 26.7 Å². The van der Waals surface area contributed by atoms with Crippen LogP contribution in [-0.2, 0) is 0 Å². The minimum Gasteiger partial charge on any atom is -0.497 e. The second-order valence-electron chi connectivity index (χ2n) is 5.22. The number of nitrogens with one attached hydrogen (secondary N) is 1. The summed E-state index contributed by atoms with van der Waals surface area (Å²) in [5.74, 6) is 2.23. The molecule has 1 unspecified atom stereocenters. The molecular formula is C17H23ClN2O. The Hall–Kier alpha value is -1.48. The third-order valence-corrected chi connectivity index (χ3v) is 4.51. The topological polar surface area (TPSA) is 34.2 Å². The van der Waals surface area contributed by atoms with Gasteiger partial charge in [-0.25, -0.2) is 4.98 Å². The molecule has 0 amide bonds. The quantitative estimate of drug-likeness (QED) is 0.753. The highest BCUT2D eigenvalue weighted by atomic mass is 35.5. The molecule has 21 heavy (non-hydrogen) atoms. The van der Waals surface area contributed by atoms with Gasteiger partial charge in [0.2, 0.25) is 0 Å². The smallest absolute Gasteiger partial charge is 0.134 e. The molecule has 0 aliphatic heterocycles. The number of benzene rings is 1. The zero-order chi connectivity index (χ0) is 15.2. The van der Waals surface area contributed by atoms with Crippen molar-refractivity contribution in [2.24, 2.45) is 5.92 Å². The van der Waals surface area contributed by atoms with Crippen LogP contribution in [0.15, 0.2) is 30.5 Å². The Kier molecular flexibility index (Phi) is 5.68. The van der Waals surface area contributed by atoms with Crippen LogP contribution in [0.5, 0.6) is 5.75 Å². The van der Waals surface area contributed by atoms with Gasteiger partial charge in [-0.3, -0.25) is 0 Å². The van der Waals surface area contributed by atoms with Gasteiger partial charge in [0.1, 0.15) is 11.6 Å². The van der Waals surface area contributed by atoms with Crippen LogP contribution in [0.2, 0.25) is 0 Å². The zero-order valence-corrected chi connectivity index (χ0v) is 13.7. The largest absolute Gasteiger partial charge is 0.497 e. The van der Waals surface area contributed by atoms with Gasteiger partial charge in [0, 0.05) is 18.1 Å². The summed E-state index contributed by atoms with van der Waals surface area (Å²) >= 11 is 6.49. The van der Waals surface area contributed by atoms with Crippen molar-refractivity contribution in [3.05, 3.63) is 30.5 Å². The number of nitrogens with zero attached hydrogens (tertiary/aromatic N) is 1. The van der Waals surface area contributed by atoms with E-state index in [1.807, 2.05) is 30.5 Å². The predicted octanol–water partition coefficient (Wildman–Crippen LogP) is 4.70. The van der Waals surface area contributed by atoms with E-state index in [-0.39, 0.29) is 5.38 Å². The van der Waals surface area contributed by atoms with E-state index in [1.54, 1.807) is 7.11 Å². The van der Waals surface area contributed by atoms with Crippen LogP contribution in [0.4, 0.5) is 5.82 Å². The van der Waals surface area contributed by atoms with Crippen molar-refractivity contribution in [2.45, 2.75) is 32.1 Å². The van der Waals surface area contributed by atoms with Crippen molar-refractivity contribution >= 4 is 28.2 Å². The number of ether oxygens (including phenoxy) is 1. The van der Waals surface area contributed by atoms with Gasteiger partial charge < -0.3 is 10.1 Å². The number of halogens is 1. The summed E-state index contributed by atoms with van der Waals surface area (Å²) in [6.45, 7) is 5.09. The number of hydrogen-bond acceptors (Lipinski definition) is 3. The van der Waals surface area contributed by atoms with Crippen molar-refractivity contribution in [3.63, 3.8) is 0 Å². The van der Waals surface area contributed by atoms with Crippen LogP contribution >= 0.6 is 11.6 Å². The number of fused-ring (bicyclic) bond motifs is 1. The maximum absolute atomic E-state index is 6.49. The Balaban J connectivity index is 2.18. The molecule has 1 aromatic heterocycles. The van der Waals surface area contributed by atoms with Crippen molar-refractivity contribution in [2.75, 3.05) is 19.0 Å². The van der Waals surface area contributed by atoms with Gasteiger partial charge in [-0.1, -0.05) is 32.8 Å². The summed E-state index contributed by atoms with van der Waals surface area (Å²) in [5.41, 5.74) is 0. The average molecular weight is 307 g/mol. The Morgan fingerprint density at radius 3 is 2.67 bits per heavy atom. The molecule has 0 bridgehead atoms. The lowest BCUT2D eigenvalue weighted by Gasteiger charge is -2.20. The maximum atomic E-state index is 6.49. The lowest BCUT2D eigenvalue weighted by atomic mass is 9.99. The fraction of sp³-hybridized carbons (Fsp3) is 0.471.